The van der Waals surface area contributed by atoms with Crippen molar-refractivity contribution >= 4 is 40.3 Å². The number of anilines is 2. The molecule has 9 heteroatoms. The van der Waals surface area contributed by atoms with Gasteiger partial charge in [0.25, 0.3) is 0 Å². The van der Waals surface area contributed by atoms with Crippen LogP contribution in [-0.2, 0) is 22.0 Å². The van der Waals surface area contributed by atoms with Gasteiger partial charge in [0.15, 0.2) is 5.82 Å². The fraction of sp³-hybridized carbons (Fsp3) is 0.417. The first-order chi connectivity index (χ1) is 15.7. The second-order valence-electron chi connectivity index (χ2n) is 8.46. The number of halogens is 2. The predicted octanol–water partition coefficient (Wildman–Crippen LogP) is 5.68. The third-order valence-electron chi connectivity index (χ3n) is 5.69. The molecular weight excluding hydrogens is 446 g/mol. The molecule has 0 unspecified atom stereocenters. The molecule has 0 radical (unpaired) electrons. The number of nitrogens with zero attached hydrogens (tertiary/aromatic N) is 3. The van der Waals surface area contributed by atoms with Crippen molar-refractivity contribution in [3.05, 3.63) is 48.3 Å². The molecule has 2 aromatic carbocycles. The monoisotopic (exact) mass is 474 g/mol. The molecule has 33 heavy (non-hydrogen) atoms. The highest BCUT2D eigenvalue weighted by atomic mass is 32.2. The first-order valence-corrected chi connectivity index (χ1v) is 11.7. The second kappa shape index (κ2) is 9.69. The van der Waals surface area contributed by atoms with Gasteiger partial charge in [0, 0.05) is 56.9 Å². The van der Waals surface area contributed by atoms with E-state index in [9.17, 15) is 13.6 Å². The molecular formula is C24H28F2N4O2S. The van der Waals surface area contributed by atoms with Crippen LogP contribution in [0.3, 0.4) is 0 Å². The number of fused-ring (bicyclic) bond motifs is 1. The molecule has 0 aliphatic carbocycles. The van der Waals surface area contributed by atoms with Crippen molar-refractivity contribution in [2.24, 2.45) is 5.92 Å². The van der Waals surface area contributed by atoms with Crippen molar-refractivity contribution in [3.63, 3.8) is 0 Å². The standard InChI is InChI=1S/C24H28F2N4O2S/c1-16(31)27-18-4-7-20(8-5-18)33-29(3)19-6-9-22-21(14-19)28-23(24(2,25)26)30(22)15-17-10-12-32-13-11-17/h4-9,14,17H,10-13,15H2,1-3H3,(H,27,31). The zero-order chi connectivity index (χ0) is 23.6. The van der Waals surface area contributed by atoms with Crippen LogP contribution in [0, 0.1) is 5.92 Å². The third-order valence-corrected chi connectivity index (χ3v) is 6.65. The lowest BCUT2D eigenvalue weighted by Crippen LogP contribution is -2.24. The highest BCUT2D eigenvalue weighted by molar-refractivity contribution is 8.00. The lowest BCUT2D eigenvalue weighted by Gasteiger charge is -2.24. The lowest BCUT2D eigenvalue weighted by atomic mass is 10.00. The van der Waals surface area contributed by atoms with Crippen LogP contribution in [-0.4, -0.2) is 35.7 Å². The third kappa shape index (κ3) is 5.65. The minimum Gasteiger partial charge on any atom is -0.381 e. The van der Waals surface area contributed by atoms with E-state index in [1.54, 1.807) is 4.57 Å². The summed E-state index contributed by atoms with van der Waals surface area (Å²) in [6, 6.07) is 13.2. The maximum absolute atomic E-state index is 14.4. The van der Waals surface area contributed by atoms with Gasteiger partial charge in [0.2, 0.25) is 5.91 Å². The van der Waals surface area contributed by atoms with Gasteiger partial charge in [-0.05, 0) is 73.2 Å². The van der Waals surface area contributed by atoms with Crippen molar-refractivity contribution < 1.29 is 18.3 Å². The Bertz CT molecular complexity index is 1120. The Morgan fingerprint density at radius 2 is 1.94 bits per heavy atom. The van der Waals surface area contributed by atoms with E-state index in [4.69, 9.17) is 4.74 Å². The van der Waals surface area contributed by atoms with E-state index in [-0.39, 0.29) is 11.7 Å². The zero-order valence-electron chi connectivity index (χ0n) is 19.0. The Labute approximate surface area is 196 Å². The van der Waals surface area contributed by atoms with E-state index >= 15 is 0 Å². The van der Waals surface area contributed by atoms with Crippen molar-refractivity contribution in [3.8, 4) is 0 Å². The van der Waals surface area contributed by atoms with E-state index in [2.05, 4.69) is 10.3 Å². The smallest absolute Gasteiger partial charge is 0.302 e. The number of hydrogen-bond acceptors (Lipinski definition) is 5. The van der Waals surface area contributed by atoms with Gasteiger partial charge in [-0.25, -0.2) is 4.98 Å². The average Bonchev–Trinajstić information content (AvgIpc) is 3.13. The van der Waals surface area contributed by atoms with E-state index in [0.717, 1.165) is 41.6 Å². The molecule has 2 heterocycles. The molecule has 1 aromatic heterocycles. The Morgan fingerprint density at radius 3 is 2.58 bits per heavy atom. The molecule has 1 fully saturated rings. The van der Waals surface area contributed by atoms with Gasteiger partial charge in [-0.1, -0.05) is 0 Å². The van der Waals surface area contributed by atoms with Crippen molar-refractivity contribution in [1.29, 1.82) is 0 Å². The van der Waals surface area contributed by atoms with Gasteiger partial charge in [0.1, 0.15) is 0 Å². The van der Waals surface area contributed by atoms with Crippen LogP contribution in [0.5, 0.6) is 0 Å². The quantitative estimate of drug-likeness (QED) is 0.447. The first-order valence-electron chi connectivity index (χ1n) is 11.0. The number of hydrogen-bond donors (Lipinski definition) is 1. The maximum Gasteiger partial charge on any atom is 0.302 e. The summed E-state index contributed by atoms with van der Waals surface area (Å²) in [6.07, 6.45) is 1.74. The lowest BCUT2D eigenvalue weighted by molar-refractivity contribution is -0.114. The summed E-state index contributed by atoms with van der Waals surface area (Å²) < 4.78 is 37.9. The molecule has 0 atom stereocenters. The van der Waals surface area contributed by atoms with Crippen LogP contribution in [0.15, 0.2) is 47.4 Å². The average molecular weight is 475 g/mol. The number of aromatic nitrogens is 2. The number of rotatable bonds is 7. The molecule has 3 aromatic rings. The van der Waals surface area contributed by atoms with Crippen LogP contribution in [0.1, 0.15) is 32.5 Å². The van der Waals surface area contributed by atoms with E-state index < -0.39 is 5.92 Å². The number of nitrogens with one attached hydrogen (secondary N) is 1. The van der Waals surface area contributed by atoms with Gasteiger partial charge in [-0.15, -0.1) is 0 Å². The Kier molecular flexibility index (Phi) is 6.90. The topological polar surface area (TPSA) is 59.4 Å². The molecule has 1 amide bonds. The predicted molar refractivity (Wildman–Crippen MR) is 128 cm³/mol. The van der Waals surface area contributed by atoms with Gasteiger partial charge < -0.3 is 18.9 Å². The maximum atomic E-state index is 14.4. The minimum absolute atomic E-state index is 0.117. The largest absolute Gasteiger partial charge is 0.381 e. The van der Waals surface area contributed by atoms with E-state index in [1.807, 2.05) is 53.8 Å². The molecule has 1 aliphatic heterocycles. The van der Waals surface area contributed by atoms with Crippen LogP contribution < -0.4 is 9.62 Å². The Balaban J connectivity index is 1.57. The zero-order valence-corrected chi connectivity index (χ0v) is 19.8. The summed E-state index contributed by atoms with van der Waals surface area (Å²) in [4.78, 5) is 16.5. The van der Waals surface area contributed by atoms with Crippen LogP contribution >= 0.6 is 11.9 Å². The highest BCUT2D eigenvalue weighted by Crippen LogP contribution is 2.35. The Morgan fingerprint density at radius 1 is 1.24 bits per heavy atom. The molecule has 4 rings (SSSR count). The minimum atomic E-state index is -3.03. The van der Waals surface area contributed by atoms with Gasteiger partial charge in [-0.2, -0.15) is 8.78 Å². The fourth-order valence-corrected chi connectivity index (χ4v) is 4.83. The second-order valence-corrected chi connectivity index (χ2v) is 9.66. The van der Waals surface area contributed by atoms with Crippen LogP contribution in [0.25, 0.3) is 11.0 Å². The fourth-order valence-electron chi connectivity index (χ4n) is 4.03. The van der Waals surface area contributed by atoms with Crippen LogP contribution in [0.4, 0.5) is 20.2 Å². The normalized spacial score (nSPS) is 15.1. The van der Waals surface area contributed by atoms with Crippen molar-refractivity contribution in [2.75, 3.05) is 29.9 Å². The number of alkyl halides is 2. The first kappa shape index (κ1) is 23.5. The SMILES string of the molecule is CC(=O)Nc1ccc(SN(C)c2ccc3c(c2)nc(C(C)(F)F)n3CC2CCOCC2)cc1. The molecule has 0 saturated carbocycles. The Hall–Kier alpha value is -2.65. The van der Waals surface area contributed by atoms with Crippen molar-refractivity contribution in [2.45, 2.75) is 44.1 Å². The van der Waals surface area contributed by atoms with Gasteiger partial charge >= 0.3 is 5.92 Å². The van der Waals surface area contributed by atoms with E-state index in [0.29, 0.717) is 31.2 Å². The molecule has 6 nitrogen and oxygen atoms in total. The van der Waals surface area contributed by atoms with E-state index in [1.165, 1.54) is 18.9 Å². The summed E-state index contributed by atoms with van der Waals surface area (Å²) in [5.41, 5.74) is 2.88. The molecule has 176 valence electrons. The summed E-state index contributed by atoms with van der Waals surface area (Å²) in [7, 11) is 1.92. The summed E-state index contributed by atoms with van der Waals surface area (Å²) >= 11 is 1.50. The summed E-state index contributed by atoms with van der Waals surface area (Å²) in [5, 5.41) is 2.75. The molecule has 0 spiro atoms. The number of carbonyl (C=O) groups is 1. The molecule has 0 bridgehead atoms. The number of carbonyl (C=O) groups excluding carboxylic acids is 1. The summed E-state index contributed by atoms with van der Waals surface area (Å²) in [6.45, 7) is 4.24. The highest BCUT2D eigenvalue weighted by Gasteiger charge is 2.33. The van der Waals surface area contributed by atoms with Gasteiger partial charge in [-0.3, -0.25) is 4.79 Å². The van der Waals surface area contributed by atoms with Crippen molar-refractivity contribution in [1.82, 2.24) is 9.55 Å². The molecule has 1 saturated heterocycles. The number of ether oxygens (including phenoxy) is 1. The molecule has 1 N–H and O–H groups in total. The number of amides is 1. The number of benzene rings is 2. The summed E-state index contributed by atoms with van der Waals surface area (Å²) in [5.74, 6) is -3.03. The number of imidazole rings is 1. The van der Waals surface area contributed by atoms with Crippen LogP contribution in [0.2, 0.25) is 0 Å². The van der Waals surface area contributed by atoms with Gasteiger partial charge in [0.05, 0.1) is 11.0 Å². The molecule has 1 aliphatic rings.